The van der Waals surface area contributed by atoms with Crippen LogP contribution in [0.4, 0.5) is 10.5 Å². The lowest BCUT2D eigenvalue weighted by molar-refractivity contribution is -0.142. The molecule has 3 N–H and O–H groups in total. The summed E-state index contributed by atoms with van der Waals surface area (Å²) in [7, 11) is -4.19. The molecule has 10 heteroatoms. The molecule has 0 aliphatic carbocycles. The molecule has 2 aromatic rings. The number of amides is 2. The Balaban J connectivity index is 2.25. The van der Waals surface area contributed by atoms with E-state index in [4.69, 9.17) is 5.11 Å². The lowest BCUT2D eigenvalue weighted by Crippen LogP contribution is -2.35. The third-order valence-corrected chi connectivity index (χ3v) is 6.12. The highest BCUT2D eigenvalue weighted by Crippen LogP contribution is 2.32. The molecule has 0 saturated carbocycles. The highest BCUT2D eigenvalue weighted by molar-refractivity contribution is 7.90. The van der Waals surface area contributed by atoms with E-state index in [0.717, 1.165) is 11.1 Å². The number of urea groups is 1. The Bertz CT molecular complexity index is 1130. The van der Waals surface area contributed by atoms with Gasteiger partial charge in [0.25, 0.3) is 10.0 Å². The predicted molar refractivity (Wildman–Crippen MR) is 126 cm³/mol. The van der Waals surface area contributed by atoms with Crippen molar-refractivity contribution in [3.63, 3.8) is 0 Å². The van der Waals surface area contributed by atoms with E-state index in [1.54, 1.807) is 13.0 Å². The average molecular weight is 476 g/mol. The van der Waals surface area contributed by atoms with Gasteiger partial charge in [-0.2, -0.15) is 0 Å². The predicted octanol–water partition coefficient (Wildman–Crippen LogP) is 4.27. The van der Waals surface area contributed by atoms with Crippen molar-refractivity contribution in [2.45, 2.75) is 51.3 Å². The minimum atomic E-state index is -4.19. The molecule has 0 unspecified atom stereocenters. The van der Waals surface area contributed by atoms with E-state index >= 15 is 0 Å². The molecule has 0 radical (unpaired) electrons. The molecule has 2 aromatic carbocycles. The van der Waals surface area contributed by atoms with Gasteiger partial charge in [-0.1, -0.05) is 63.2 Å². The Kier molecular flexibility index (Phi) is 8.58. The average Bonchev–Trinajstić information content (AvgIpc) is 2.72. The second kappa shape index (κ2) is 11.0. The van der Waals surface area contributed by atoms with Crippen molar-refractivity contribution >= 4 is 33.4 Å². The van der Waals surface area contributed by atoms with E-state index in [2.05, 4.69) is 20.0 Å². The monoisotopic (exact) mass is 475 g/mol. The van der Waals surface area contributed by atoms with Gasteiger partial charge in [0.15, 0.2) is 0 Å². The fourth-order valence-electron chi connectivity index (χ4n) is 3.14. The van der Waals surface area contributed by atoms with Crippen LogP contribution in [0.2, 0.25) is 0 Å². The van der Waals surface area contributed by atoms with Crippen LogP contribution in [0.15, 0.2) is 52.5 Å². The number of nitrogens with one attached hydrogen (secondary N) is 2. The number of anilines is 1. The maximum absolute atomic E-state index is 12.8. The highest BCUT2D eigenvalue weighted by Gasteiger charge is 2.21. The van der Waals surface area contributed by atoms with Gasteiger partial charge < -0.3 is 15.3 Å². The summed E-state index contributed by atoms with van der Waals surface area (Å²) in [6, 6.07) is 10.6. The number of oxime groups is 1. The van der Waals surface area contributed by atoms with Crippen LogP contribution in [0.25, 0.3) is 0 Å². The number of carboxylic acid groups (broad SMARTS) is 1. The third kappa shape index (κ3) is 7.04. The molecular weight excluding hydrogens is 446 g/mol. The van der Waals surface area contributed by atoms with Gasteiger partial charge in [-0.25, -0.2) is 22.7 Å². The van der Waals surface area contributed by atoms with Crippen LogP contribution in [0.1, 0.15) is 63.1 Å². The maximum atomic E-state index is 12.8. The lowest BCUT2D eigenvalue weighted by atomic mass is 9.93. The first kappa shape index (κ1) is 25.9. The first-order valence-corrected chi connectivity index (χ1v) is 11.9. The molecule has 0 bridgehead atoms. The van der Waals surface area contributed by atoms with Crippen LogP contribution in [0, 0.1) is 0 Å². The molecule has 0 aliphatic rings. The van der Waals surface area contributed by atoms with Gasteiger partial charge in [0.1, 0.15) is 0 Å². The molecule has 0 fully saturated rings. The first-order chi connectivity index (χ1) is 15.4. The molecule has 2 amide bonds. The Morgan fingerprint density at radius 1 is 1.03 bits per heavy atom. The SMILES string of the molecule is C/C(=N/OCC(=O)O)c1cccc(S(=O)(=O)NC(=O)Nc2c(C(C)C)cccc2C(C)C)c1. The summed E-state index contributed by atoms with van der Waals surface area (Å²) in [5.41, 5.74) is 3.09. The molecule has 0 aromatic heterocycles. The number of aliphatic carboxylic acids is 1. The second-order valence-corrected chi connectivity index (χ2v) is 9.73. The van der Waals surface area contributed by atoms with Gasteiger partial charge in [0, 0.05) is 11.3 Å². The summed E-state index contributed by atoms with van der Waals surface area (Å²) in [4.78, 5) is 27.7. The Hall–Kier alpha value is -3.40. The molecule has 0 heterocycles. The molecule has 9 nitrogen and oxygen atoms in total. The Labute approximate surface area is 193 Å². The second-order valence-electron chi connectivity index (χ2n) is 8.05. The number of rotatable bonds is 9. The Morgan fingerprint density at radius 2 is 1.61 bits per heavy atom. The molecule has 0 spiro atoms. The number of carbonyl (C=O) groups excluding carboxylic acids is 1. The van der Waals surface area contributed by atoms with Crippen LogP contribution in [0.5, 0.6) is 0 Å². The van der Waals surface area contributed by atoms with Gasteiger partial charge >= 0.3 is 12.0 Å². The van der Waals surface area contributed by atoms with Crippen LogP contribution in [0.3, 0.4) is 0 Å². The summed E-state index contributed by atoms with van der Waals surface area (Å²) in [5, 5.41) is 15.0. The highest BCUT2D eigenvalue weighted by atomic mass is 32.2. The smallest absolute Gasteiger partial charge is 0.344 e. The number of benzene rings is 2. The lowest BCUT2D eigenvalue weighted by Gasteiger charge is -2.20. The molecule has 178 valence electrons. The summed E-state index contributed by atoms with van der Waals surface area (Å²) in [6.45, 7) is 8.91. The van der Waals surface area contributed by atoms with Gasteiger partial charge in [-0.05, 0) is 42.0 Å². The number of carboxylic acids is 1. The molecule has 0 atom stereocenters. The van der Waals surface area contributed by atoms with E-state index in [9.17, 15) is 18.0 Å². The van der Waals surface area contributed by atoms with Crippen LogP contribution in [-0.2, 0) is 19.7 Å². The summed E-state index contributed by atoms with van der Waals surface area (Å²) in [5.74, 6) is -0.937. The van der Waals surface area contributed by atoms with Crippen LogP contribution in [-0.4, -0.2) is 37.8 Å². The van der Waals surface area contributed by atoms with Gasteiger partial charge in [-0.15, -0.1) is 0 Å². The largest absolute Gasteiger partial charge is 0.479 e. The van der Waals surface area contributed by atoms with Crippen LogP contribution >= 0.6 is 0 Å². The van der Waals surface area contributed by atoms with Crippen molar-refractivity contribution in [1.82, 2.24) is 4.72 Å². The Morgan fingerprint density at radius 3 is 2.15 bits per heavy atom. The minimum absolute atomic E-state index is 0.123. The van der Waals surface area contributed by atoms with Gasteiger partial charge in [-0.3, -0.25) is 0 Å². The minimum Gasteiger partial charge on any atom is -0.479 e. The normalized spacial score (nSPS) is 12.0. The van der Waals surface area contributed by atoms with Crippen molar-refractivity contribution < 1.29 is 28.0 Å². The van der Waals surface area contributed by atoms with Crippen molar-refractivity contribution in [1.29, 1.82) is 0 Å². The molecule has 0 aliphatic heterocycles. The topological polar surface area (TPSA) is 134 Å². The summed E-state index contributed by atoms with van der Waals surface area (Å²) >= 11 is 0. The molecule has 0 saturated heterocycles. The zero-order chi connectivity index (χ0) is 24.8. The number of hydrogen-bond acceptors (Lipinski definition) is 6. The first-order valence-electron chi connectivity index (χ1n) is 10.4. The number of para-hydroxylation sites is 1. The van der Waals surface area contributed by atoms with E-state index in [1.807, 2.05) is 45.9 Å². The van der Waals surface area contributed by atoms with Crippen molar-refractivity contribution in [3.05, 3.63) is 59.2 Å². The zero-order valence-corrected chi connectivity index (χ0v) is 20.1. The number of hydrogen-bond donors (Lipinski definition) is 3. The summed E-state index contributed by atoms with van der Waals surface area (Å²) < 4.78 is 27.7. The van der Waals surface area contributed by atoms with E-state index in [0.29, 0.717) is 11.3 Å². The standard InChI is InChI=1S/C23H29N3O6S/c1-14(2)19-10-7-11-20(15(3)4)22(19)24-23(29)26-33(30,31)18-9-6-8-17(12-18)16(5)25-32-13-21(27)28/h6-12,14-15H,13H2,1-5H3,(H,27,28)(H2,24,26,29)/b25-16-. The molecular formula is C23H29N3O6S. The fourth-order valence-corrected chi connectivity index (χ4v) is 4.09. The van der Waals surface area contributed by atoms with Gasteiger partial charge in [0.05, 0.1) is 10.6 Å². The maximum Gasteiger partial charge on any atom is 0.344 e. The van der Waals surface area contributed by atoms with E-state index in [1.165, 1.54) is 18.2 Å². The number of nitrogens with zero attached hydrogens (tertiary/aromatic N) is 1. The zero-order valence-electron chi connectivity index (χ0n) is 19.2. The molecule has 33 heavy (non-hydrogen) atoms. The summed E-state index contributed by atoms with van der Waals surface area (Å²) in [6.07, 6.45) is 0. The number of carbonyl (C=O) groups is 2. The van der Waals surface area contributed by atoms with Crippen molar-refractivity contribution in [2.24, 2.45) is 5.16 Å². The third-order valence-electron chi connectivity index (χ3n) is 4.79. The van der Waals surface area contributed by atoms with Crippen molar-refractivity contribution in [2.75, 3.05) is 11.9 Å². The fraction of sp³-hybridized carbons (Fsp3) is 0.348. The van der Waals surface area contributed by atoms with Gasteiger partial charge in [0.2, 0.25) is 6.61 Å². The van der Waals surface area contributed by atoms with E-state index in [-0.39, 0.29) is 22.4 Å². The number of sulfonamides is 1. The van der Waals surface area contributed by atoms with E-state index < -0.39 is 28.6 Å². The quantitative estimate of drug-likeness (QED) is 0.366. The molecule has 2 rings (SSSR count). The van der Waals surface area contributed by atoms with Crippen LogP contribution < -0.4 is 10.0 Å². The van der Waals surface area contributed by atoms with Crippen molar-refractivity contribution in [3.8, 4) is 0 Å².